The molecule has 1 aliphatic carbocycles. The summed E-state index contributed by atoms with van der Waals surface area (Å²) in [6, 6.07) is 7.40. The van der Waals surface area contributed by atoms with Gasteiger partial charge in [0.05, 0.1) is 18.8 Å². The molecule has 1 fully saturated rings. The molecule has 0 heterocycles. The number of rotatable bonds is 12. The summed E-state index contributed by atoms with van der Waals surface area (Å²) < 4.78 is 15.9. The number of carbonyl (C=O) groups excluding carboxylic acids is 3. The van der Waals surface area contributed by atoms with Gasteiger partial charge in [-0.15, -0.1) is 0 Å². The fraction of sp³-hybridized carbons (Fsp3) is 0.519. The number of carbonyl (C=O) groups is 3. The van der Waals surface area contributed by atoms with Crippen LogP contribution in [0.1, 0.15) is 74.7 Å². The Bertz CT molecular complexity index is 831. The predicted molar refractivity (Wildman–Crippen MR) is 127 cm³/mol. The maximum atomic E-state index is 12.5. The Morgan fingerprint density at radius 3 is 1.94 bits per heavy atom. The van der Waals surface area contributed by atoms with Gasteiger partial charge in [-0.2, -0.15) is 0 Å². The lowest BCUT2D eigenvalue weighted by Crippen LogP contribution is -2.24. The molecule has 6 nitrogen and oxygen atoms in total. The molecule has 1 saturated carbocycles. The topological polar surface area (TPSA) is 78.9 Å². The average Bonchev–Trinajstić information content (AvgIpc) is 2.80. The Hall–Kier alpha value is -2.89. The number of ether oxygens (including phenoxy) is 3. The van der Waals surface area contributed by atoms with E-state index in [9.17, 15) is 14.4 Å². The highest BCUT2D eigenvalue weighted by atomic mass is 16.5. The standard InChI is InChI=1S/C27H36O6/c1-19(2)25(28)31-17-5-7-21-9-13-23(14-10-21)27(30)33-24-15-11-22(12-16-24)8-6-18-32-26(29)20(3)4/h9-10,13-14,22,24H,1,3,5-8,11-12,15-18H2,2,4H3. The quantitative estimate of drug-likeness (QED) is 0.182. The van der Waals surface area contributed by atoms with Crippen molar-refractivity contribution in [1.29, 1.82) is 0 Å². The third-order valence-corrected chi connectivity index (χ3v) is 5.79. The molecule has 6 heteroatoms. The number of esters is 3. The van der Waals surface area contributed by atoms with Crippen molar-refractivity contribution < 1.29 is 28.6 Å². The maximum Gasteiger partial charge on any atom is 0.338 e. The molecule has 0 spiro atoms. The van der Waals surface area contributed by atoms with E-state index in [1.807, 2.05) is 12.1 Å². The third-order valence-electron chi connectivity index (χ3n) is 5.79. The minimum atomic E-state index is -0.369. The summed E-state index contributed by atoms with van der Waals surface area (Å²) in [5, 5.41) is 0. The van der Waals surface area contributed by atoms with Crippen LogP contribution in [-0.2, 0) is 30.2 Å². The average molecular weight is 457 g/mol. The van der Waals surface area contributed by atoms with Gasteiger partial charge in [0, 0.05) is 11.1 Å². The molecule has 0 radical (unpaired) electrons. The van der Waals surface area contributed by atoms with Crippen LogP contribution in [0.5, 0.6) is 0 Å². The van der Waals surface area contributed by atoms with Gasteiger partial charge in [0.25, 0.3) is 0 Å². The van der Waals surface area contributed by atoms with Crippen LogP contribution in [0.3, 0.4) is 0 Å². The van der Waals surface area contributed by atoms with E-state index in [2.05, 4.69) is 13.2 Å². The van der Waals surface area contributed by atoms with Crippen LogP contribution in [0.15, 0.2) is 48.6 Å². The van der Waals surface area contributed by atoms with E-state index in [4.69, 9.17) is 14.2 Å². The summed E-state index contributed by atoms with van der Waals surface area (Å²) >= 11 is 0. The molecule has 0 atom stereocenters. The first-order valence-electron chi connectivity index (χ1n) is 11.7. The lowest BCUT2D eigenvalue weighted by molar-refractivity contribution is -0.139. The molecule has 2 rings (SSSR count). The van der Waals surface area contributed by atoms with Crippen molar-refractivity contribution in [1.82, 2.24) is 0 Å². The predicted octanol–water partition coefficient (Wildman–Crippen LogP) is 5.35. The van der Waals surface area contributed by atoms with E-state index < -0.39 is 0 Å². The SMILES string of the molecule is C=C(C)C(=O)OCCCc1ccc(C(=O)OC2CCC(CCCOC(=O)C(=C)C)CC2)cc1. The van der Waals surface area contributed by atoms with Crippen LogP contribution in [0.2, 0.25) is 0 Å². The minimum absolute atomic E-state index is 0.0438. The minimum Gasteiger partial charge on any atom is -0.462 e. The molecule has 1 aromatic carbocycles. The van der Waals surface area contributed by atoms with Crippen LogP contribution in [0.4, 0.5) is 0 Å². The Labute approximate surface area is 197 Å². The lowest BCUT2D eigenvalue weighted by atomic mass is 9.84. The van der Waals surface area contributed by atoms with Crippen LogP contribution in [0, 0.1) is 5.92 Å². The van der Waals surface area contributed by atoms with Gasteiger partial charge in [0.15, 0.2) is 0 Å². The van der Waals surface area contributed by atoms with E-state index in [-0.39, 0.29) is 24.0 Å². The Morgan fingerprint density at radius 2 is 1.39 bits per heavy atom. The van der Waals surface area contributed by atoms with Crippen LogP contribution in [0.25, 0.3) is 0 Å². The van der Waals surface area contributed by atoms with Gasteiger partial charge in [-0.1, -0.05) is 25.3 Å². The van der Waals surface area contributed by atoms with Gasteiger partial charge in [0.1, 0.15) is 6.10 Å². The lowest BCUT2D eigenvalue weighted by Gasteiger charge is -2.28. The second-order valence-corrected chi connectivity index (χ2v) is 8.82. The number of hydrogen-bond donors (Lipinski definition) is 0. The molecule has 0 unspecified atom stereocenters. The first-order valence-corrected chi connectivity index (χ1v) is 11.7. The molecule has 0 bridgehead atoms. The van der Waals surface area contributed by atoms with Crippen molar-refractivity contribution in [3.05, 3.63) is 59.7 Å². The zero-order valence-electron chi connectivity index (χ0n) is 19.9. The fourth-order valence-electron chi connectivity index (χ4n) is 3.79. The summed E-state index contributed by atoms with van der Waals surface area (Å²) in [7, 11) is 0. The van der Waals surface area contributed by atoms with Gasteiger partial charge in [-0.25, -0.2) is 14.4 Å². The highest BCUT2D eigenvalue weighted by molar-refractivity contribution is 5.89. The van der Waals surface area contributed by atoms with Crippen molar-refractivity contribution in [3.63, 3.8) is 0 Å². The molecule has 0 amide bonds. The van der Waals surface area contributed by atoms with E-state index in [1.165, 1.54) is 0 Å². The molecular formula is C27H36O6. The van der Waals surface area contributed by atoms with Crippen LogP contribution < -0.4 is 0 Å². The zero-order valence-corrected chi connectivity index (χ0v) is 19.9. The number of benzene rings is 1. The van der Waals surface area contributed by atoms with Crippen molar-refractivity contribution in [3.8, 4) is 0 Å². The second kappa shape index (κ2) is 13.6. The summed E-state index contributed by atoms with van der Waals surface area (Å²) in [4.78, 5) is 35.2. The molecule has 180 valence electrons. The van der Waals surface area contributed by atoms with E-state index in [0.29, 0.717) is 42.3 Å². The molecule has 33 heavy (non-hydrogen) atoms. The monoisotopic (exact) mass is 456 g/mol. The molecule has 0 aliphatic heterocycles. The summed E-state index contributed by atoms with van der Waals surface area (Å²) in [6.07, 6.45) is 7.04. The zero-order chi connectivity index (χ0) is 24.2. The number of aryl methyl sites for hydroxylation is 1. The molecule has 0 saturated heterocycles. The molecule has 1 aliphatic rings. The summed E-state index contributed by atoms with van der Waals surface area (Å²) in [5.41, 5.74) is 2.45. The third kappa shape index (κ3) is 9.64. The molecule has 0 N–H and O–H groups in total. The Balaban J connectivity index is 1.64. The summed E-state index contributed by atoms with van der Waals surface area (Å²) in [5.74, 6) is -0.404. The highest BCUT2D eigenvalue weighted by Crippen LogP contribution is 2.30. The Morgan fingerprint density at radius 1 is 0.848 bits per heavy atom. The molecular weight excluding hydrogens is 420 g/mol. The number of hydrogen-bond acceptors (Lipinski definition) is 6. The van der Waals surface area contributed by atoms with Gasteiger partial charge < -0.3 is 14.2 Å². The van der Waals surface area contributed by atoms with Crippen molar-refractivity contribution in [2.24, 2.45) is 5.92 Å². The van der Waals surface area contributed by atoms with Gasteiger partial charge in [0.2, 0.25) is 0 Å². The maximum absolute atomic E-state index is 12.5. The summed E-state index contributed by atoms with van der Waals surface area (Å²) in [6.45, 7) is 11.2. The van der Waals surface area contributed by atoms with E-state index in [1.54, 1.807) is 26.0 Å². The van der Waals surface area contributed by atoms with E-state index in [0.717, 1.165) is 50.5 Å². The molecule has 1 aromatic rings. The smallest absolute Gasteiger partial charge is 0.338 e. The largest absolute Gasteiger partial charge is 0.462 e. The normalized spacial score (nSPS) is 17.6. The fourth-order valence-corrected chi connectivity index (χ4v) is 3.79. The molecule has 0 aromatic heterocycles. The van der Waals surface area contributed by atoms with Gasteiger partial charge in [-0.3, -0.25) is 0 Å². The van der Waals surface area contributed by atoms with Gasteiger partial charge >= 0.3 is 17.9 Å². The van der Waals surface area contributed by atoms with Gasteiger partial charge in [-0.05, 0) is 88.8 Å². The second-order valence-electron chi connectivity index (χ2n) is 8.82. The first kappa shape index (κ1) is 26.4. The van der Waals surface area contributed by atoms with Crippen LogP contribution >= 0.6 is 0 Å². The van der Waals surface area contributed by atoms with Crippen molar-refractivity contribution in [2.75, 3.05) is 13.2 Å². The van der Waals surface area contributed by atoms with Crippen molar-refractivity contribution >= 4 is 17.9 Å². The highest BCUT2D eigenvalue weighted by Gasteiger charge is 2.24. The first-order chi connectivity index (χ1) is 15.8. The van der Waals surface area contributed by atoms with Crippen molar-refractivity contribution in [2.45, 2.75) is 71.3 Å². The van der Waals surface area contributed by atoms with E-state index >= 15 is 0 Å². The van der Waals surface area contributed by atoms with Crippen LogP contribution in [-0.4, -0.2) is 37.2 Å². The Kier molecular flexibility index (Phi) is 10.9.